The Balaban J connectivity index is 1.82. The molecule has 0 amide bonds. The molecule has 1 fully saturated rings. The van der Waals surface area contributed by atoms with Crippen LogP contribution in [0, 0.1) is 0 Å². The van der Waals surface area contributed by atoms with Crippen LogP contribution in [0.1, 0.15) is 31.2 Å². The van der Waals surface area contributed by atoms with Crippen molar-refractivity contribution >= 4 is 29.1 Å². The van der Waals surface area contributed by atoms with Crippen LogP contribution in [0.25, 0.3) is 0 Å². The topological polar surface area (TPSA) is 53.9 Å². The first kappa shape index (κ1) is 17.7. The lowest BCUT2D eigenvalue weighted by atomic mass is 10.2. The van der Waals surface area contributed by atoms with Crippen LogP contribution >= 0.6 is 11.6 Å². The van der Waals surface area contributed by atoms with Gasteiger partial charge in [-0.2, -0.15) is 23.3 Å². The third-order valence-corrected chi connectivity index (χ3v) is 4.32. The van der Waals surface area contributed by atoms with E-state index in [0.717, 1.165) is 38.1 Å². The molecule has 1 aromatic heterocycles. The van der Waals surface area contributed by atoms with Crippen molar-refractivity contribution in [2.24, 2.45) is 0 Å². The fraction of sp³-hybridized carbons (Fsp3) is 0.438. The summed E-state index contributed by atoms with van der Waals surface area (Å²) in [6, 6.07) is 3.10. The summed E-state index contributed by atoms with van der Waals surface area (Å²) in [4.78, 5) is 6.41. The van der Waals surface area contributed by atoms with Crippen LogP contribution in [0.15, 0.2) is 24.4 Å². The van der Waals surface area contributed by atoms with Gasteiger partial charge in [-0.3, -0.25) is 0 Å². The Morgan fingerprint density at radius 1 is 1.08 bits per heavy atom. The van der Waals surface area contributed by atoms with Gasteiger partial charge in [-0.1, -0.05) is 24.4 Å². The molecule has 1 aromatic carbocycles. The van der Waals surface area contributed by atoms with Gasteiger partial charge in [0.15, 0.2) is 5.82 Å². The highest BCUT2D eigenvalue weighted by Crippen LogP contribution is 2.34. The molecular formula is C16H17ClF3N5. The van der Waals surface area contributed by atoms with Crippen LogP contribution in [0.4, 0.5) is 30.6 Å². The number of aromatic nitrogens is 3. The Morgan fingerprint density at radius 2 is 1.80 bits per heavy atom. The van der Waals surface area contributed by atoms with E-state index < -0.39 is 11.7 Å². The van der Waals surface area contributed by atoms with Crippen LogP contribution in [-0.2, 0) is 6.18 Å². The van der Waals surface area contributed by atoms with Crippen molar-refractivity contribution in [3.8, 4) is 0 Å². The van der Waals surface area contributed by atoms with Gasteiger partial charge in [0, 0.05) is 13.1 Å². The monoisotopic (exact) mass is 371 g/mol. The molecule has 1 aliphatic rings. The lowest BCUT2D eigenvalue weighted by molar-refractivity contribution is -0.137. The van der Waals surface area contributed by atoms with Gasteiger partial charge < -0.3 is 10.2 Å². The number of hydrogen-bond acceptors (Lipinski definition) is 5. The van der Waals surface area contributed by atoms with E-state index in [9.17, 15) is 13.2 Å². The average Bonchev–Trinajstić information content (AvgIpc) is 2.85. The van der Waals surface area contributed by atoms with Crippen molar-refractivity contribution in [1.82, 2.24) is 15.2 Å². The summed E-state index contributed by atoms with van der Waals surface area (Å²) < 4.78 is 38.6. The molecule has 0 bridgehead atoms. The molecule has 3 rings (SSSR count). The first-order chi connectivity index (χ1) is 11.9. The normalized spacial score (nSPS) is 15.8. The van der Waals surface area contributed by atoms with Crippen LogP contribution in [0.5, 0.6) is 0 Å². The van der Waals surface area contributed by atoms with Gasteiger partial charge in [-0.25, -0.2) is 0 Å². The summed E-state index contributed by atoms with van der Waals surface area (Å²) in [5.74, 6) is 0.769. The van der Waals surface area contributed by atoms with Crippen LogP contribution in [-0.4, -0.2) is 28.3 Å². The molecule has 1 saturated heterocycles. The zero-order valence-electron chi connectivity index (χ0n) is 13.4. The number of anilines is 3. The Hall–Kier alpha value is -2.09. The van der Waals surface area contributed by atoms with Crippen LogP contribution in [0.2, 0.25) is 5.02 Å². The smallest absolute Gasteiger partial charge is 0.339 e. The maximum atomic E-state index is 12.9. The van der Waals surface area contributed by atoms with E-state index in [-0.39, 0.29) is 10.7 Å². The first-order valence-corrected chi connectivity index (χ1v) is 8.40. The third kappa shape index (κ3) is 4.50. The van der Waals surface area contributed by atoms with Gasteiger partial charge in [0.1, 0.15) is 0 Å². The number of hydrogen-bond donors (Lipinski definition) is 1. The molecule has 0 unspecified atom stereocenters. The predicted octanol–water partition coefficient (Wildman–Crippen LogP) is 4.67. The van der Waals surface area contributed by atoms with E-state index in [1.807, 2.05) is 4.90 Å². The molecular weight excluding hydrogens is 355 g/mol. The fourth-order valence-electron chi connectivity index (χ4n) is 2.69. The van der Waals surface area contributed by atoms with E-state index in [2.05, 4.69) is 20.5 Å². The van der Waals surface area contributed by atoms with Crippen molar-refractivity contribution in [3.05, 3.63) is 35.0 Å². The molecule has 0 radical (unpaired) electrons. The van der Waals surface area contributed by atoms with Crippen molar-refractivity contribution in [2.45, 2.75) is 31.9 Å². The molecule has 0 aliphatic carbocycles. The molecule has 134 valence electrons. The Morgan fingerprint density at radius 3 is 2.48 bits per heavy atom. The predicted molar refractivity (Wildman–Crippen MR) is 90.2 cm³/mol. The number of alkyl halides is 3. The van der Waals surface area contributed by atoms with Crippen molar-refractivity contribution in [1.29, 1.82) is 0 Å². The van der Waals surface area contributed by atoms with Crippen molar-refractivity contribution in [3.63, 3.8) is 0 Å². The van der Waals surface area contributed by atoms with Crippen molar-refractivity contribution in [2.75, 3.05) is 23.3 Å². The Kier molecular flexibility index (Phi) is 5.27. The number of nitrogens with zero attached hydrogens (tertiary/aromatic N) is 4. The quantitative estimate of drug-likeness (QED) is 0.849. The summed E-state index contributed by atoms with van der Waals surface area (Å²) >= 11 is 6.00. The molecule has 9 heteroatoms. The number of rotatable bonds is 3. The SMILES string of the molecule is FC(F)(F)c1ccc(Cl)c(Nc2cnnc(N3CCCCCC3)n2)c1. The highest BCUT2D eigenvalue weighted by Gasteiger charge is 2.31. The van der Waals surface area contributed by atoms with E-state index in [1.54, 1.807) is 0 Å². The zero-order chi connectivity index (χ0) is 17.9. The Labute approximate surface area is 148 Å². The van der Waals surface area contributed by atoms with Crippen LogP contribution < -0.4 is 10.2 Å². The first-order valence-electron chi connectivity index (χ1n) is 8.02. The standard InChI is InChI=1S/C16H17ClF3N5/c17-12-6-5-11(16(18,19)20)9-13(12)22-14-10-21-24-15(23-14)25-7-3-1-2-4-8-25/h5-6,9-10H,1-4,7-8H2,(H,22,23,24). The lowest BCUT2D eigenvalue weighted by Gasteiger charge is -2.20. The zero-order valence-corrected chi connectivity index (χ0v) is 14.1. The number of halogens is 4. The van der Waals surface area contributed by atoms with Crippen LogP contribution in [0.3, 0.4) is 0 Å². The van der Waals surface area contributed by atoms with E-state index >= 15 is 0 Å². The second-order valence-electron chi connectivity index (χ2n) is 5.86. The second kappa shape index (κ2) is 7.43. The van der Waals surface area contributed by atoms with Gasteiger partial charge in [-0.15, -0.1) is 5.10 Å². The van der Waals surface area contributed by atoms with Gasteiger partial charge >= 0.3 is 6.18 Å². The average molecular weight is 372 g/mol. The fourth-order valence-corrected chi connectivity index (χ4v) is 2.86. The van der Waals surface area contributed by atoms with E-state index in [4.69, 9.17) is 11.6 Å². The molecule has 25 heavy (non-hydrogen) atoms. The maximum Gasteiger partial charge on any atom is 0.416 e. The minimum absolute atomic E-state index is 0.124. The maximum absolute atomic E-state index is 12.9. The molecule has 0 spiro atoms. The third-order valence-electron chi connectivity index (χ3n) is 3.99. The Bertz CT molecular complexity index is 730. The van der Waals surface area contributed by atoms with Gasteiger partial charge in [0.2, 0.25) is 5.95 Å². The van der Waals surface area contributed by atoms with E-state index in [1.165, 1.54) is 25.1 Å². The minimum atomic E-state index is -4.44. The molecule has 5 nitrogen and oxygen atoms in total. The molecule has 0 atom stereocenters. The van der Waals surface area contributed by atoms with Gasteiger partial charge in [0.05, 0.1) is 22.5 Å². The van der Waals surface area contributed by atoms with Gasteiger partial charge in [-0.05, 0) is 31.0 Å². The molecule has 2 aromatic rings. The van der Waals surface area contributed by atoms with E-state index in [0.29, 0.717) is 11.8 Å². The highest BCUT2D eigenvalue weighted by atomic mass is 35.5. The molecule has 0 saturated carbocycles. The number of benzene rings is 1. The second-order valence-corrected chi connectivity index (χ2v) is 6.27. The summed E-state index contributed by atoms with van der Waals surface area (Å²) in [6.07, 6.45) is 1.37. The molecule has 1 N–H and O–H groups in total. The summed E-state index contributed by atoms with van der Waals surface area (Å²) in [7, 11) is 0. The largest absolute Gasteiger partial charge is 0.416 e. The lowest BCUT2D eigenvalue weighted by Crippen LogP contribution is -2.26. The van der Waals surface area contributed by atoms with Crippen molar-refractivity contribution < 1.29 is 13.2 Å². The highest BCUT2D eigenvalue weighted by molar-refractivity contribution is 6.33. The minimum Gasteiger partial charge on any atom is -0.339 e. The summed E-state index contributed by atoms with van der Waals surface area (Å²) in [5, 5.41) is 10.9. The number of nitrogens with one attached hydrogen (secondary N) is 1. The molecule has 2 heterocycles. The summed E-state index contributed by atoms with van der Waals surface area (Å²) in [5.41, 5.74) is -0.659. The molecule has 1 aliphatic heterocycles. The van der Waals surface area contributed by atoms with Gasteiger partial charge in [0.25, 0.3) is 0 Å². The summed E-state index contributed by atoms with van der Waals surface area (Å²) in [6.45, 7) is 1.69.